The van der Waals surface area contributed by atoms with E-state index in [2.05, 4.69) is 103 Å². The molecule has 0 aliphatic carbocycles. The van der Waals surface area contributed by atoms with Crippen LogP contribution in [0.4, 0.5) is 0 Å². The van der Waals surface area contributed by atoms with Crippen LogP contribution in [0.25, 0.3) is 72.4 Å². The van der Waals surface area contributed by atoms with E-state index in [1.807, 2.05) is 91.3 Å². The molecular weight excluding hydrogens is 829 g/mol. The second-order valence-corrected chi connectivity index (χ2v) is 13.5. The molecule has 5 nitrogen and oxygen atoms in total. The van der Waals surface area contributed by atoms with Crippen molar-refractivity contribution in [2.24, 2.45) is 0 Å². The second kappa shape index (κ2) is 15.5. The Bertz CT molecular complexity index is 2560. The number of aromatic nitrogens is 4. The zero-order chi connectivity index (χ0) is 35.6. The maximum absolute atomic E-state index is 6.38. The van der Waals surface area contributed by atoms with Crippen LogP contribution in [0.15, 0.2) is 150 Å². The number of rotatable bonds is 6. The average Bonchev–Trinajstić information content (AvgIpc) is 3.77. The van der Waals surface area contributed by atoms with Gasteiger partial charge in [-0.05, 0) is 58.0 Å². The minimum atomic E-state index is 0. The van der Waals surface area contributed by atoms with Crippen LogP contribution < -0.4 is 0 Å². The van der Waals surface area contributed by atoms with E-state index < -0.39 is 0 Å². The second-order valence-electron chi connectivity index (χ2n) is 13.5. The molecule has 6 heteroatoms. The normalized spacial score (nSPS) is 11.2. The van der Waals surface area contributed by atoms with E-state index in [0.29, 0.717) is 11.8 Å². The predicted octanol–water partition coefficient (Wildman–Crippen LogP) is 12.2. The SMILES string of the molecule is CC(C)c1cccc(C(C)C)c1-n1c(-c2[c-]ccc3c2oc2ccccc23)nc2ccncc21.[Ir].[c-]1ccccc1-c1cc(-c2ccccc2)ccn1. The molecule has 0 saturated carbocycles. The summed E-state index contributed by atoms with van der Waals surface area (Å²) in [6.45, 7) is 8.97. The number of para-hydroxylation sites is 2. The Kier molecular flexibility index (Phi) is 10.4. The van der Waals surface area contributed by atoms with Crippen LogP contribution in [0.5, 0.6) is 0 Å². The fraction of sp³-hybridized carbons (Fsp3) is 0.128. The third kappa shape index (κ3) is 6.96. The summed E-state index contributed by atoms with van der Waals surface area (Å²) in [5.74, 6) is 1.52. The predicted molar refractivity (Wildman–Crippen MR) is 213 cm³/mol. The van der Waals surface area contributed by atoms with Gasteiger partial charge in [0.05, 0.1) is 28.6 Å². The summed E-state index contributed by atoms with van der Waals surface area (Å²) in [4.78, 5) is 14.0. The third-order valence-corrected chi connectivity index (χ3v) is 9.44. The number of hydrogen-bond donors (Lipinski definition) is 0. The first-order valence-corrected chi connectivity index (χ1v) is 17.7. The van der Waals surface area contributed by atoms with Crippen molar-refractivity contribution < 1.29 is 24.5 Å². The van der Waals surface area contributed by atoms with Gasteiger partial charge in [0.15, 0.2) is 0 Å². The zero-order valence-corrected chi connectivity index (χ0v) is 32.4. The van der Waals surface area contributed by atoms with Crippen molar-refractivity contribution in [1.82, 2.24) is 19.5 Å². The molecule has 5 aromatic carbocycles. The van der Waals surface area contributed by atoms with Gasteiger partial charge in [-0.1, -0.05) is 111 Å². The van der Waals surface area contributed by atoms with Crippen molar-refractivity contribution in [3.05, 3.63) is 169 Å². The molecule has 0 bridgehead atoms. The molecule has 0 atom stereocenters. The standard InChI is InChI=1S/C30H26N3O.C17H12N.Ir/c1-18(2)20-10-7-11-21(19(3)4)28(20)33-26-17-31-16-15-25(26)32-30(33)24-13-8-12-23-22-9-5-6-14-27(22)34-29(23)24;1-3-7-14(8-4-1)16-11-12-18-17(13-16)15-9-5-2-6-10-15;/h5-12,14-19H,1-4H3;1-9,11-13H;/q2*-1;. The molecular formula is C47H38IrN4O-2. The summed E-state index contributed by atoms with van der Waals surface area (Å²) in [5.41, 5.74) is 12.5. The van der Waals surface area contributed by atoms with Crippen LogP contribution in [0.2, 0.25) is 0 Å². The smallest absolute Gasteiger partial charge is 0.120 e. The molecule has 4 heterocycles. The molecule has 53 heavy (non-hydrogen) atoms. The summed E-state index contributed by atoms with van der Waals surface area (Å²) in [6, 6.07) is 49.8. The largest absolute Gasteiger partial charge is 0.501 e. The Balaban J connectivity index is 0.000000194. The van der Waals surface area contributed by atoms with Crippen molar-refractivity contribution in [2.75, 3.05) is 0 Å². The first-order chi connectivity index (χ1) is 25.5. The molecule has 9 aromatic rings. The summed E-state index contributed by atoms with van der Waals surface area (Å²) in [5, 5.41) is 2.17. The van der Waals surface area contributed by atoms with Crippen LogP contribution in [0, 0.1) is 12.1 Å². The van der Waals surface area contributed by atoms with E-state index in [9.17, 15) is 0 Å². The summed E-state index contributed by atoms with van der Waals surface area (Å²) < 4.78 is 8.65. The van der Waals surface area contributed by atoms with E-state index in [1.165, 1.54) is 27.9 Å². The number of hydrogen-bond acceptors (Lipinski definition) is 4. The minimum Gasteiger partial charge on any atom is -0.501 e. The first kappa shape index (κ1) is 35.7. The van der Waals surface area contributed by atoms with E-state index >= 15 is 0 Å². The van der Waals surface area contributed by atoms with Gasteiger partial charge in [0, 0.05) is 43.6 Å². The number of fused-ring (bicyclic) bond motifs is 4. The van der Waals surface area contributed by atoms with Gasteiger partial charge in [0.1, 0.15) is 5.58 Å². The van der Waals surface area contributed by atoms with Crippen LogP contribution >= 0.6 is 0 Å². The van der Waals surface area contributed by atoms with E-state index in [1.54, 1.807) is 6.20 Å². The van der Waals surface area contributed by atoms with Crippen molar-refractivity contribution in [1.29, 1.82) is 0 Å². The number of nitrogens with zero attached hydrogens (tertiary/aromatic N) is 4. The molecule has 0 N–H and O–H groups in total. The summed E-state index contributed by atoms with van der Waals surface area (Å²) in [6.07, 6.45) is 5.55. The monoisotopic (exact) mass is 867 g/mol. The third-order valence-electron chi connectivity index (χ3n) is 9.44. The number of furan rings is 1. The summed E-state index contributed by atoms with van der Waals surface area (Å²) in [7, 11) is 0. The molecule has 9 rings (SSSR count). The Labute approximate surface area is 323 Å². The molecule has 0 aliphatic rings. The molecule has 4 aromatic heterocycles. The van der Waals surface area contributed by atoms with Crippen LogP contribution in [-0.2, 0) is 20.1 Å². The topological polar surface area (TPSA) is 56.7 Å². The molecule has 1 radical (unpaired) electrons. The van der Waals surface area contributed by atoms with Gasteiger partial charge in [-0.15, -0.1) is 54.1 Å². The van der Waals surface area contributed by atoms with Gasteiger partial charge in [0.2, 0.25) is 0 Å². The zero-order valence-electron chi connectivity index (χ0n) is 30.0. The van der Waals surface area contributed by atoms with Gasteiger partial charge in [-0.2, -0.15) is 0 Å². The number of pyridine rings is 2. The van der Waals surface area contributed by atoms with Gasteiger partial charge >= 0.3 is 0 Å². The van der Waals surface area contributed by atoms with Crippen LogP contribution in [-0.4, -0.2) is 19.5 Å². The van der Waals surface area contributed by atoms with Crippen molar-refractivity contribution in [2.45, 2.75) is 39.5 Å². The fourth-order valence-corrected chi connectivity index (χ4v) is 6.89. The first-order valence-electron chi connectivity index (χ1n) is 17.7. The number of imidazole rings is 1. The maximum atomic E-state index is 6.38. The molecule has 263 valence electrons. The van der Waals surface area contributed by atoms with Crippen LogP contribution in [0.3, 0.4) is 0 Å². The van der Waals surface area contributed by atoms with Crippen molar-refractivity contribution in [3.8, 4) is 39.5 Å². The minimum absolute atomic E-state index is 0. The van der Waals surface area contributed by atoms with Crippen molar-refractivity contribution >= 4 is 33.0 Å². The summed E-state index contributed by atoms with van der Waals surface area (Å²) >= 11 is 0. The molecule has 0 aliphatic heterocycles. The molecule has 0 fully saturated rings. The van der Waals surface area contributed by atoms with Gasteiger partial charge < -0.3 is 14.0 Å². The molecule has 0 spiro atoms. The van der Waals surface area contributed by atoms with Crippen molar-refractivity contribution in [3.63, 3.8) is 0 Å². The van der Waals surface area contributed by atoms with Crippen LogP contribution in [0.1, 0.15) is 50.7 Å². The number of benzene rings is 5. The average molecular weight is 867 g/mol. The Hall–Kier alpha value is -5.68. The van der Waals surface area contributed by atoms with Gasteiger partial charge in [0.25, 0.3) is 0 Å². The molecule has 0 saturated heterocycles. The Morgan fingerprint density at radius 1 is 0.660 bits per heavy atom. The van der Waals surface area contributed by atoms with E-state index in [0.717, 1.165) is 55.6 Å². The fourth-order valence-electron chi connectivity index (χ4n) is 6.89. The Morgan fingerprint density at radius 2 is 1.42 bits per heavy atom. The van der Waals surface area contributed by atoms with E-state index in [-0.39, 0.29) is 20.1 Å². The molecule has 0 unspecified atom stereocenters. The Morgan fingerprint density at radius 3 is 2.17 bits per heavy atom. The maximum Gasteiger partial charge on any atom is 0.120 e. The molecule has 0 amide bonds. The quantitative estimate of drug-likeness (QED) is 0.156. The van der Waals surface area contributed by atoms with Gasteiger partial charge in [-0.25, -0.2) is 0 Å². The van der Waals surface area contributed by atoms with E-state index in [4.69, 9.17) is 9.40 Å². The van der Waals surface area contributed by atoms with Gasteiger partial charge in [-0.3, -0.25) is 9.97 Å².